The zero-order valence-corrected chi connectivity index (χ0v) is 14.8. The zero-order valence-electron chi connectivity index (χ0n) is 14.8. The Bertz CT molecular complexity index is 826. The number of rotatable bonds is 3. The maximum absolute atomic E-state index is 14.2. The van der Waals surface area contributed by atoms with Gasteiger partial charge in [-0.3, -0.25) is 4.79 Å². The van der Waals surface area contributed by atoms with Gasteiger partial charge in [-0.1, -0.05) is 30.3 Å². The van der Waals surface area contributed by atoms with Crippen LogP contribution in [0.2, 0.25) is 0 Å². The molecule has 2 aromatic rings. The van der Waals surface area contributed by atoms with E-state index < -0.39 is 40.0 Å². The van der Waals surface area contributed by atoms with Crippen LogP contribution in [0.4, 0.5) is 13.2 Å². The van der Waals surface area contributed by atoms with E-state index in [-0.39, 0.29) is 0 Å². The van der Waals surface area contributed by atoms with Crippen molar-refractivity contribution in [2.45, 2.75) is 25.3 Å². The van der Waals surface area contributed by atoms with Gasteiger partial charge >= 0.3 is 0 Å². The molecule has 1 N–H and O–H groups in total. The molecule has 1 aliphatic rings. The van der Waals surface area contributed by atoms with Gasteiger partial charge in [0, 0.05) is 12.1 Å². The third-order valence-electron chi connectivity index (χ3n) is 4.99. The van der Waals surface area contributed by atoms with E-state index in [1.165, 1.54) is 0 Å². The summed E-state index contributed by atoms with van der Waals surface area (Å²) in [4.78, 5) is 14.8. The average molecular weight is 362 g/mol. The van der Waals surface area contributed by atoms with Crippen LogP contribution in [0.25, 0.3) is 0 Å². The summed E-state index contributed by atoms with van der Waals surface area (Å²) < 4.78 is 42.0. The lowest BCUT2D eigenvalue weighted by Crippen LogP contribution is -2.55. The Hall–Kier alpha value is -2.34. The number of halogens is 3. The zero-order chi connectivity index (χ0) is 18.9. The summed E-state index contributed by atoms with van der Waals surface area (Å²) in [5, 5.41) is 2.86. The number of nitrogens with zero attached hydrogens (tertiary/aromatic N) is 1. The van der Waals surface area contributed by atoms with Gasteiger partial charge in [0.1, 0.15) is 5.82 Å². The fourth-order valence-electron chi connectivity index (χ4n) is 3.57. The number of benzene rings is 2. The number of carbonyl (C=O) groups is 1. The number of hydrogen-bond acceptors (Lipinski definition) is 2. The Balaban J connectivity index is 1.99. The van der Waals surface area contributed by atoms with Gasteiger partial charge in [-0.15, -0.1) is 0 Å². The third kappa shape index (κ3) is 3.33. The molecular formula is C20H21F3N2O. The van der Waals surface area contributed by atoms with Crippen molar-refractivity contribution in [3.05, 3.63) is 70.5 Å². The number of likely N-dealkylation sites (tertiary alicyclic amines) is 1. The fraction of sp³-hybridized carbons (Fsp3) is 0.350. The highest BCUT2D eigenvalue weighted by Crippen LogP contribution is 2.32. The molecule has 3 rings (SSSR count). The normalized spacial score (nSPS) is 20.8. The molecule has 6 heteroatoms. The summed E-state index contributed by atoms with van der Waals surface area (Å²) in [6.45, 7) is 2.55. The van der Waals surface area contributed by atoms with Crippen molar-refractivity contribution in [3.8, 4) is 0 Å². The van der Waals surface area contributed by atoms with Gasteiger partial charge in [-0.2, -0.15) is 0 Å². The summed E-state index contributed by atoms with van der Waals surface area (Å²) in [5.41, 5.74) is -0.910. The standard InChI is InChI=1S/C20H21F3N2O/c1-13-16(21)11-15(18(23)17(13)22)19(26)24-20(9-6-10-25(2)12-20)14-7-4-3-5-8-14/h3-5,7-8,11H,6,9-10,12H2,1-2H3,(H,24,26). The average Bonchev–Trinajstić information content (AvgIpc) is 2.63. The molecule has 0 aliphatic carbocycles. The van der Waals surface area contributed by atoms with Crippen LogP contribution in [-0.2, 0) is 5.54 Å². The van der Waals surface area contributed by atoms with Gasteiger partial charge in [0.15, 0.2) is 11.6 Å². The molecule has 1 heterocycles. The Labute approximate surface area is 150 Å². The molecule has 26 heavy (non-hydrogen) atoms. The van der Waals surface area contributed by atoms with E-state index >= 15 is 0 Å². The second-order valence-electron chi connectivity index (χ2n) is 6.90. The number of amides is 1. The highest BCUT2D eigenvalue weighted by Gasteiger charge is 2.38. The van der Waals surface area contributed by atoms with Crippen LogP contribution in [0.3, 0.4) is 0 Å². The Morgan fingerprint density at radius 1 is 1.15 bits per heavy atom. The Kier molecular flexibility index (Phi) is 5.05. The summed E-state index contributed by atoms with van der Waals surface area (Å²) >= 11 is 0. The first kappa shape index (κ1) is 18.5. The Morgan fingerprint density at radius 2 is 1.85 bits per heavy atom. The number of nitrogens with one attached hydrogen (secondary N) is 1. The molecule has 0 spiro atoms. The van der Waals surface area contributed by atoms with Gasteiger partial charge in [-0.05, 0) is 45.0 Å². The van der Waals surface area contributed by atoms with Gasteiger partial charge < -0.3 is 10.2 Å². The van der Waals surface area contributed by atoms with E-state index in [2.05, 4.69) is 10.2 Å². The molecule has 3 nitrogen and oxygen atoms in total. The predicted molar refractivity (Wildman–Crippen MR) is 93.4 cm³/mol. The number of carbonyl (C=O) groups excluding carboxylic acids is 1. The smallest absolute Gasteiger partial charge is 0.255 e. The highest BCUT2D eigenvalue weighted by atomic mass is 19.2. The maximum Gasteiger partial charge on any atom is 0.255 e. The third-order valence-corrected chi connectivity index (χ3v) is 4.99. The molecule has 1 fully saturated rings. The van der Waals surface area contributed by atoms with Crippen molar-refractivity contribution in [1.82, 2.24) is 10.2 Å². The SMILES string of the molecule is Cc1c(F)cc(C(=O)NC2(c3ccccc3)CCCN(C)C2)c(F)c1F. The fourth-order valence-corrected chi connectivity index (χ4v) is 3.57. The first-order chi connectivity index (χ1) is 12.3. The van der Waals surface area contributed by atoms with Crippen LogP contribution in [0.5, 0.6) is 0 Å². The van der Waals surface area contributed by atoms with E-state index in [0.29, 0.717) is 13.0 Å². The van der Waals surface area contributed by atoms with E-state index in [9.17, 15) is 18.0 Å². The molecule has 1 amide bonds. The van der Waals surface area contributed by atoms with E-state index in [4.69, 9.17) is 0 Å². The molecule has 1 unspecified atom stereocenters. The molecule has 138 valence electrons. The number of likely N-dealkylation sites (N-methyl/N-ethyl adjacent to an activating group) is 1. The molecule has 0 radical (unpaired) electrons. The van der Waals surface area contributed by atoms with Crippen molar-refractivity contribution >= 4 is 5.91 Å². The molecular weight excluding hydrogens is 341 g/mol. The monoisotopic (exact) mass is 362 g/mol. The number of piperidine rings is 1. The van der Waals surface area contributed by atoms with Gasteiger partial charge in [0.2, 0.25) is 0 Å². The topological polar surface area (TPSA) is 32.3 Å². The minimum Gasteiger partial charge on any atom is -0.341 e. The lowest BCUT2D eigenvalue weighted by Gasteiger charge is -2.42. The molecule has 1 atom stereocenters. The molecule has 0 bridgehead atoms. The first-order valence-electron chi connectivity index (χ1n) is 8.55. The summed E-state index contributed by atoms with van der Waals surface area (Å²) in [6, 6.07) is 10.1. The van der Waals surface area contributed by atoms with Gasteiger partial charge in [0.25, 0.3) is 5.91 Å². The quantitative estimate of drug-likeness (QED) is 0.843. The van der Waals surface area contributed by atoms with E-state index in [1.54, 1.807) is 0 Å². The largest absolute Gasteiger partial charge is 0.341 e. The Morgan fingerprint density at radius 3 is 2.50 bits per heavy atom. The molecule has 1 aliphatic heterocycles. The minimum atomic E-state index is -1.33. The van der Waals surface area contributed by atoms with Crippen molar-refractivity contribution < 1.29 is 18.0 Å². The van der Waals surface area contributed by atoms with Crippen LogP contribution in [0.1, 0.15) is 34.3 Å². The van der Waals surface area contributed by atoms with Gasteiger partial charge in [-0.25, -0.2) is 13.2 Å². The van der Waals surface area contributed by atoms with Crippen LogP contribution in [0, 0.1) is 24.4 Å². The highest BCUT2D eigenvalue weighted by molar-refractivity contribution is 5.95. The predicted octanol–water partition coefficient (Wildman–Crippen LogP) is 3.76. The van der Waals surface area contributed by atoms with E-state index in [1.807, 2.05) is 37.4 Å². The molecule has 1 saturated heterocycles. The van der Waals surface area contributed by atoms with Crippen LogP contribution >= 0.6 is 0 Å². The summed E-state index contributed by atoms with van der Waals surface area (Å²) in [5.74, 6) is -4.42. The molecule has 2 aromatic carbocycles. The van der Waals surface area contributed by atoms with Crippen molar-refractivity contribution in [2.75, 3.05) is 20.1 Å². The number of hydrogen-bond donors (Lipinski definition) is 1. The van der Waals surface area contributed by atoms with E-state index in [0.717, 1.165) is 31.5 Å². The lowest BCUT2D eigenvalue weighted by molar-refractivity contribution is 0.0802. The second kappa shape index (κ2) is 7.11. The summed E-state index contributed by atoms with van der Waals surface area (Å²) in [7, 11) is 1.94. The molecule has 0 saturated carbocycles. The van der Waals surface area contributed by atoms with Crippen molar-refractivity contribution in [3.63, 3.8) is 0 Å². The van der Waals surface area contributed by atoms with Crippen LogP contribution in [0.15, 0.2) is 36.4 Å². The molecule has 0 aromatic heterocycles. The van der Waals surface area contributed by atoms with Gasteiger partial charge in [0.05, 0.1) is 11.1 Å². The summed E-state index contributed by atoms with van der Waals surface area (Å²) in [6.07, 6.45) is 1.50. The van der Waals surface area contributed by atoms with Crippen LogP contribution in [-0.4, -0.2) is 30.9 Å². The minimum absolute atomic E-state index is 0.436. The van der Waals surface area contributed by atoms with Crippen molar-refractivity contribution in [2.24, 2.45) is 0 Å². The lowest BCUT2D eigenvalue weighted by atomic mass is 9.82. The second-order valence-corrected chi connectivity index (χ2v) is 6.90. The van der Waals surface area contributed by atoms with Crippen LogP contribution < -0.4 is 5.32 Å². The first-order valence-corrected chi connectivity index (χ1v) is 8.55. The van der Waals surface area contributed by atoms with Crippen molar-refractivity contribution in [1.29, 1.82) is 0 Å². The maximum atomic E-state index is 14.2.